The van der Waals surface area contributed by atoms with Gasteiger partial charge in [0.15, 0.2) is 0 Å². The van der Waals surface area contributed by atoms with Gasteiger partial charge in [0, 0.05) is 13.0 Å². The molecule has 0 aliphatic heterocycles. The van der Waals surface area contributed by atoms with Gasteiger partial charge in [-0.15, -0.1) is 10.2 Å². The quantitative estimate of drug-likeness (QED) is 0.816. The molecule has 17 heavy (non-hydrogen) atoms. The van der Waals surface area contributed by atoms with Crippen molar-refractivity contribution in [2.75, 3.05) is 6.54 Å². The number of hydrogen-bond acceptors (Lipinski definition) is 3. The number of hydrogen-bond donors (Lipinski definition) is 1. The van der Waals surface area contributed by atoms with E-state index in [0.29, 0.717) is 6.54 Å². The van der Waals surface area contributed by atoms with Crippen LogP contribution < -0.4 is 5.73 Å². The summed E-state index contributed by atoms with van der Waals surface area (Å²) >= 11 is 0. The Morgan fingerprint density at radius 1 is 1.12 bits per heavy atom. The summed E-state index contributed by atoms with van der Waals surface area (Å²) in [7, 11) is 0. The number of benzene rings is 1. The first-order chi connectivity index (χ1) is 8.40. The number of nitrogens with zero attached hydrogens (tertiary/aromatic N) is 3. The Bertz CT molecular complexity index is 436. The van der Waals surface area contributed by atoms with E-state index in [0.717, 1.165) is 31.6 Å². The third-order valence-electron chi connectivity index (χ3n) is 2.77. The topological polar surface area (TPSA) is 56.7 Å². The van der Waals surface area contributed by atoms with Crippen LogP contribution in [0.2, 0.25) is 0 Å². The SMILES string of the molecule is NCCc1nncn1CCCc1ccccc1. The summed E-state index contributed by atoms with van der Waals surface area (Å²) in [4.78, 5) is 0. The summed E-state index contributed by atoms with van der Waals surface area (Å²) in [6, 6.07) is 10.5. The molecule has 0 spiro atoms. The van der Waals surface area contributed by atoms with Gasteiger partial charge in [-0.3, -0.25) is 0 Å². The van der Waals surface area contributed by atoms with Crippen LogP contribution in [0.1, 0.15) is 17.8 Å². The lowest BCUT2D eigenvalue weighted by atomic mass is 10.1. The maximum absolute atomic E-state index is 5.53. The molecule has 4 heteroatoms. The molecule has 4 nitrogen and oxygen atoms in total. The molecule has 2 N–H and O–H groups in total. The van der Waals surface area contributed by atoms with Crippen molar-refractivity contribution in [1.29, 1.82) is 0 Å². The maximum atomic E-state index is 5.53. The maximum Gasteiger partial charge on any atom is 0.134 e. The van der Waals surface area contributed by atoms with Crippen LogP contribution in [-0.2, 0) is 19.4 Å². The van der Waals surface area contributed by atoms with Crippen molar-refractivity contribution >= 4 is 0 Å². The highest BCUT2D eigenvalue weighted by Gasteiger charge is 2.02. The molecule has 0 aliphatic carbocycles. The Morgan fingerprint density at radius 2 is 1.94 bits per heavy atom. The van der Waals surface area contributed by atoms with Crippen LogP contribution in [0.15, 0.2) is 36.7 Å². The van der Waals surface area contributed by atoms with Crippen molar-refractivity contribution in [1.82, 2.24) is 14.8 Å². The minimum Gasteiger partial charge on any atom is -0.330 e. The first-order valence-corrected chi connectivity index (χ1v) is 6.01. The minimum atomic E-state index is 0.622. The Labute approximate surface area is 101 Å². The molecule has 2 rings (SSSR count). The van der Waals surface area contributed by atoms with Crippen molar-refractivity contribution in [2.24, 2.45) is 5.73 Å². The molecule has 0 atom stereocenters. The molecule has 0 saturated heterocycles. The molecule has 1 aromatic heterocycles. The molecule has 1 heterocycles. The lowest BCUT2D eigenvalue weighted by Gasteiger charge is -2.05. The predicted octanol–water partition coefficient (Wildman–Crippen LogP) is 1.41. The van der Waals surface area contributed by atoms with Gasteiger partial charge in [0.2, 0.25) is 0 Å². The summed E-state index contributed by atoms with van der Waals surface area (Å²) in [5.74, 6) is 0.987. The summed E-state index contributed by atoms with van der Waals surface area (Å²) in [5, 5.41) is 7.99. The highest BCUT2D eigenvalue weighted by molar-refractivity contribution is 5.14. The van der Waals surface area contributed by atoms with Crippen molar-refractivity contribution in [3.63, 3.8) is 0 Å². The molecule has 0 radical (unpaired) electrons. The van der Waals surface area contributed by atoms with Gasteiger partial charge in [-0.25, -0.2) is 0 Å². The largest absolute Gasteiger partial charge is 0.330 e. The van der Waals surface area contributed by atoms with E-state index in [-0.39, 0.29) is 0 Å². The normalized spacial score (nSPS) is 10.6. The number of aryl methyl sites for hydroxylation is 2. The summed E-state index contributed by atoms with van der Waals surface area (Å²) < 4.78 is 2.09. The zero-order chi connectivity index (χ0) is 11.9. The van der Waals surface area contributed by atoms with Crippen molar-refractivity contribution in [3.8, 4) is 0 Å². The molecule has 1 aromatic carbocycles. The van der Waals surface area contributed by atoms with E-state index in [1.54, 1.807) is 6.33 Å². The van der Waals surface area contributed by atoms with E-state index < -0.39 is 0 Å². The molecular weight excluding hydrogens is 212 g/mol. The minimum absolute atomic E-state index is 0.622. The smallest absolute Gasteiger partial charge is 0.134 e. The molecule has 0 amide bonds. The van der Waals surface area contributed by atoms with Gasteiger partial charge in [0.05, 0.1) is 0 Å². The zero-order valence-corrected chi connectivity index (χ0v) is 9.92. The molecule has 0 bridgehead atoms. The first kappa shape index (κ1) is 11.8. The average Bonchev–Trinajstić information content (AvgIpc) is 2.79. The number of nitrogens with two attached hydrogens (primary N) is 1. The molecule has 0 aliphatic rings. The van der Waals surface area contributed by atoms with E-state index in [4.69, 9.17) is 5.73 Å². The molecule has 0 unspecified atom stereocenters. The van der Waals surface area contributed by atoms with Gasteiger partial charge < -0.3 is 10.3 Å². The van der Waals surface area contributed by atoms with Gasteiger partial charge in [0.25, 0.3) is 0 Å². The van der Waals surface area contributed by atoms with Crippen LogP contribution in [0.25, 0.3) is 0 Å². The van der Waals surface area contributed by atoms with Crippen LogP contribution >= 0.6 is 0 Å². The Kier molecular flexibility index (Phi) is 4.27. The third-order valence-corrected chi connectivity index (χ3v) is 2.77. The summed E-state index contributed by atoms with van der Waals surface area (Å²) in [5.41, 5.74) is 6.90. The monoisotopic (exact) mass is 230 g/mol. The van der Waals surface area contributed by atoms with Crippen LogP contribution in [0, 0.1) is 0 Å². The van der Waals surface area contributed by atoms with Gasteiger partial charge >= 0.3 is 0 Å². The Balaban J connectivity index is 1.84. The fourth-order valence-corrected chi connectivity index (χ4v) is 1.89. The standard InChI is InChI=1S/C13H18N4/c14-9-8-13-16-15-11-17(13)10-4-7-12-5-2-1-3-6-12/h1-3,5-6,11H,4,7-10,14H2. The third kappa shape index (κ3) is 3.39. The van der Waals surface area contributed by atoms with Crippen LogP contribution in [0.5, 0.6) is 0 Å². The molecule has 0 saturated carbocycles. The fraction of sp³-hybridized carbons (Fsp3) is 0.385. The number of aromatic nitrogens is 3. The zero-order valence-electron chi connectivity index (χ0n) is 9.92. The van der Waals surface area contributed by atoms with Crippen molar-refractivity contribution in [2.45, 2.75) is 25.8 Å². The van der Waals surface area contributed by atoms with E-state index >= 15 is 0 Å². The highest BCUT2D eigenvalue weighted by Crippen LogP contribution is 2.05. The van der Waals surface area contributed by atoms with E-state index in [2.05, 4.69) is 39.0 Å². The summed E-state index contributed by atoms with van der Waals surface area (Å²) in [6.07, 6.45) is 4.77. The second kappa shape index (κ2) is 6.15. The van der Waals surface area contributed by atoms with E-state index in [1.165, 1.54) is 5.56 Å². The fourth-order valence-electron chi connectivity index (χ4n) is 1.89. The molecule has 2 aromatic rings. The van der Waals surface area contributed by atoms with Gasteiger partial charge in [-0.1, -0.05) is 30.3 Å². The van der Waals surface area contributed by atoms with Crippen LogP contribution in [-0.4, -0.2) is 21.3 Å². The van der Waals surface area contributed by atoms with Gasteiger partial charge in [-0.05, 0) is 24.9 Å². The second-order valence-electron chi connectivity index (χ2n) is 4.07. The average molecular weight is 230 g/mol. The molecular formula is C13H18N4. The Hall–Kier alpha value is -1.68. The predicted molar refractivity (Wildman–Crippen MR) is 67.5 cm³/mol. The molecule has 90 valence electrons. The van der Waals surface area contributed by atoms with Gasteiger partial charge in [0.1, 0.15) is 12.2 Å². The summed E-state index contributed by atoms with van der Waals surface area (Å²) in [6.45, 7) is 1.58. The number of rotatable bonds is 6. The van der Waals surface area contributed by atoms with E-state index in [9.17, 15) is 0 Å². The lowest BCUT2D eigenvalue weighted by Crippen LogP contribution is -2.10. The second-order valence-corrected chi connectivity index (χ2v) is 4.07. The van der Waals surface area contributed by atoms with Crippen LogP contribution in [0.4, 0.5) is 0 Å². The van der Waals surface area contributed by atoms with Crippen molar-refractivity contribution in [3.05, 3.63) is 48.0 Å². The Morgan fingerprint density at radius 3 is 2.71 bits per heavy atom. The lowest BCUT2D eigenvalue weighted by molar-refractivity contribution is 0.609. The molecule has 0 fully saturated rings. The van der Waals surface area contributed by atoms with E-state index in [1.807, 2.05) is 6.07 Å². The van der Waals surface area contributed by atoms with Crippen molar-refractivity contribution < 1.29 is 0 Å². The van der Waals surface area contributed by atoms with Crippen LogP contribution in [0.3, 0.4) is 0 Å². The first-order valence-electron chi connectivity index (χ1n) is 6.01. The van der Waals surface area contributed by atoms with Gasteiger partial charge in [-0.2, -0.15) is 0 Å². The highest BCUT2D eigenvalue weighted by atomic mass is 15.3.